The van der Waals surface area contributed by atoms with Gasteiger partial charge in [0.1, 0.15) is 0 Å². The molecule has 1 aromatic rings. The number of aromatic carboxylic acids is 1. The fraction of sp³-hybridized carbons (Fsp3) is 0.462. The minimum Gasteiger partial charge on any atom is -0.478 e. The lowest BCUT2D eigenvalue weighted by Crippen LogP contribution is -2.40. The number of halogens is 5. The molecule has 1 N–H and O–H groups in total. The Morgan fingerprint density at radius 1 is 1.19 bits per heavy atom. The number of alkyl halides is 5. The molecule has 0 saturated carbocycles. The van der Waals surface area contributed by atoms with Gasteiger partial charge in [0.15, 0.2) is 0 Å². The fourth-order valence-corrected chi connectivity index (χ4v) is 2.24. The number of nitrogens with zero attached hydrogens (tertiary/aromatic N) is 1. The van der Waals surface area contributed by atoms with Gasteiger partial charge in [-0.05, 0) is 18.2 Å². The molecular formula is C13H12F5NO2. The van der Waals surface area contributed by atoms with Crippen LogP contribution in [0.3, 0.4) is 0 Å². The Hall–Kier alpha value is -1.86. The summed E-state index contributed by atoms with van der Waals surface area (Å²) in [7, 11) is 0. The summed E-state index contributed by atoms with van der Waals surface area (Å²) in [5, 5.41) is 8.86. The van der Waals surface area contributed by atoms with Crippen molar-refractivity contribution in [1.29, 1.82) is 0 Å². The van der Waals surface area contributed by atoms with E-state index in [1.807, 2.05) is 0 Å². The first-order valence-corrected chi connectivity index (χ1v) is 6.17. The molecule has 0 radical (unpaired) electrons. The van der Waals surface area contributed by atoms with E-state index in [2.05, 4.69) is 0 Å². The third kappa shape index (κ3) is 3.43. The Bertz CT molecular complexity index is 546. The van der Waals surface area contributed by atoms with Crippen LogP contribution in [0.4, 0.5) is 27.6 Å². The van der Waals surface area contributed by atoms with Crippen LogP contribution in [0.5, 0.6) is 0 Å². The van der Waals surface area contributed by atoms with Crippen molar-refractivity contribution in [3.63, 3.8) is 0 Å². The zero-order chi connectivity index (χ0) is 15.8. The molecule has 21 heavy (non-hydrogen) atoms. The Labute approximate surface area is 117 Å². The average Bonchev–Trinajstić information content (AvgIpc) is 2.37. The van der Waals surface area contributed by atoms with Crippen molar-refractivity contribution in [3.8, 4) is 0 Å². The van der Waals surface area contributed by atoms with E-state index < -0.39 is 36.5 Å². The van der Waals surface area contributed by atoms with E-state index in [0.29, 0.717) is 6.07 Å². The minimum atomic E-state index is -4.67. The van der Waals surface area contributed by atoms with Crippen molar-refractivity contribution in [1.82, 2.24) is 0 Å². The summed E-state index contributed by atoms with van der Waals surface area (Å²) in [5.74, 6) is -4.26. The van der Waals surface area contributed by atoms with Crippen molar-refractivity contribution in [2.45, 2.75) is 24.9 Å². The van der Waals surface area contributed by atoms with E-state index in [9.17, 15) is 26.7 Å². The van der Waals surface area contributed by atoms with Crippen molar-refractivity contribution in [3.05, 3.63) is 29.3 Å². The van der Waals surface area contributed by atoms with E-state index >= 15 is 0 Å². The summed E-state index contributed by atoms with van der Waals surface area (Å²) < 4.78 is 65.1. The molecule has 1 aromatic carbocycles. The standard InChI is InChI=1S/C13H12F5NO2/c14-12(15)3-5-19(6-4-12)10-7-8(11(20)21)1-2-9(10)13(16,17)18/h1-2,7H,3-6H2,(H,20,21). The lowest BCUT2D eigenvalue weighted by Gasteiger charge is -2.34. The van der Waals surface area contributed by atoms with E-state index in [1.54, 1.807) is 0 Å². The number of benzene rings is 1. The van der Waals surface area contributed by atoms with Crippen LogP contribution in [0.2, 0.25) is 0 Å². The van der Waals surface area contributed by atoms with Gasteiger partial charge < -0.3 is 10.0 Å². The van der Waals surface area contributed by atoms with E-state index in [-0.39, 0.29) is 24.3 Å². The monoisotopic (exact) mass is 309 g/mol. The number of piperidine rings is 1. The fourth-order valence-electron chi connectivity index (χ4n) is 2.24. The SMILES string of the molecule is O=C(O)c1ccc(C(F)(F)F)c(N2CCC(F)(F)CC2)c1. The Balaban J connectivity index is 2.40. The summed E-state index contributed by atoms with van der Waals surface area (Å²) in [4.78, 5) is 12.0. The lowest BCUT2D eigenvalue weighted by molar-refractivity contribution is -0.137. The Morgan fingerprint density at radius 2 is 1.76 bits per heavy atom. The largest absolute Gasteiger partial charge is 0.478 e. The smallest absolute Gasteiger partial charge is 0.418 e. The molecule has 1 fully saturated rings. The maximum atomic E-state index is 13.1. The van der Waals surface area contributed by atoms with Crippen molar-refractivity contribution < 1.29 is 31.9 Å². The molecule has 3 nitrogen and oxygen atoms in total. The molecule has 0 aliphatic carbocycles. The van der Waals surface area contributed by atoms with Crippen LogP contribution >= 0.6 is 0 Å². The maximum Gasteiger partial charge on any atom is 0.418 e. The lowest BCUT2D eigenvalue weighted by atomic mass is 10.0. The van der Waals surface area contributed by atoms with Crippen LogP contribution in [-0.2, 0) is 6.18 Å². The first-order chi connectivity index (χ1) is 9.60. The maximum absolute atomic E-state index is 13.1. The van der Waals surface area contributed by atoms with Crippen LogP contribution in [0.25, 0.3) is 0 Å². The van der Waals surface area contributed by atoms with Crippen molar-refractivity contribution in [2.24, 2.45) is 0 Å². The second-order valence-corrected chi connectivity index (χ2v) is 4.88. The summed E-state index contributed by atoms with van der Waals surface area (Å²) in [6.45, 7) is -0.502. The summed E-state index contributed by atoms with van der Waals surface area (Å²) in [6.07, 6.45) is -5.78. The predicted molar refractivity (Wildman–Crippen MR) is 64.8 cm³/mol. The highest BCUT2D eigenvalue weighted by atomic mass is 19.4. The third-order valence-electron chi connectivity index (χ3n) is 3.39. The quantitative estimate of drug-likeness (QED) is 0.848. The zero-order valence-corrected chi connectivity index (χ0v) is 10.8. The number of carbonyl (C=O) groups is 1. The van der Waals surface area contributed by atoms with Gasteiger partial charge in [-0.25, -0.2) is 13.6 Å². The molecule has 1 aliphatic rings. The molecular weight excluding hydrogens is 297 g/mol. The van der Waals surface area contributed by atoms with Gasteiger partial charge >= 0.3 is 12.1 Å². The number of rotatable bonds is 2. The molecule has 1 heterocycles. The highest BCUT2D eigenvalue weighted by Gasteiger charge is 2.39. The molecule has 116 valence electrons. The van der Waals surface area contributed by atoms with Gasteiger partial charge in [-0.15, -0.1) is 0 Å². The molecule has 0 bridgehead atoms. The molecule has 1 aliphatic heterocycles. The Kier molecular flexibility index (Phi) is 3.81. The molecule has 0 aromatic heterocycles. The highest BCUT2D eigenvalue weighted by molar-refractivity contribution is 5.89. The van der Waals surface area contributed by atoms with Crippen molar-refractivity contribution in [2.75, 3.05) is 18.0 Å². The van der Waals surface area contributed by atoms with Crippen LogP contribution in [0.15, 0.2) is 18.2 Å². The molecule has 1 saturated heterocycles. The van der Waals surface area contributed by atoms with Gasteiger partial charge in [0.2, 0.25) is 0 Å². The number of hydrogen-bond donors (Lipinski definition) is 1. The average molecular weight is 309 g/mol. The summed E-state index contributed by atoms with van der Waals surface area (Å²) in [5.41, 5.74) is -1.69. The second kappa shape index (κ2) is 5.16. The summed E-state index contributed by atoms with van der Waals surface area (Å²) >= 11 is 0. The minimum absolute atomic E-state index is 0.251. The first-order valence-electron chi connectivity index (χ1n) is 6.17. The number of anilines is 1. The number of hydrogen-bond acceptors (Lipinski definition) is 2. The topological polar surface area (TPSA) is 40.5 Å². The van der Waals surface area contributed by atoms with Crippen LogP contribution in [0, 0.1) is 0 Å². The van der Waals surface area contributed by atoms with Gasteiger partial charge in [-0.1, -0.05) is 0 Å². The molecule has 8 heteroatoms. The van der Waals surface area contributed by atoms with Crippen molar-refractivity contribution >= 4 is 11.7 Å². The molecule has 0 atom stereocenters. The van der Waals surface area contributed by atoms with Crippen LogP contribution in [-0.4, -0.2) is 30.1 Å². The van der Waals surface area contributed by atoms with Crippen LogP contribution < -0.4 is 4.90 Å². The van der Waals surface area contributed by atoms with Gasteiger partial charge in [0.25, 0.3) is 5.92 Å². The number of carboxylic acids is 1. The van der Waals surface area contributed by atoms with E-state index in [1.165, 1.54) is 0 Å². The van der Waals surface area contributed by atoms with Gasteiger partial charge in [0, 0.05) is 31.6 Å². The third-order valence-corrected chi connectivity index (χ3v) is 3.39. The Morgan fingerprint density at radius 3 is 2.24 bits per heavy atom. The zero-order valence-electron chi connectivity index (χ0n) is 10.8. The molecule has 2 rings (SSSR count). The van der Waals surface area contributed by atoms with Crippen LogP contribution in [0.1, 0.15) is 28.8 Å². The number of carboxylic acid groups (broad SMARTS) is 1. The predicted octanol–water partition coefficient (Wildman–Crippen LogP) is 3.64. The van der Waals surface area contributed by atoms with Gasteiger partial charge in [0.05, 0.1) is 11.1 Å². The normalized spacial score (nSPS) is 18.6. The molecule has 0 amide bonds. The molecule has 0 spiro atoms. The second-order valence-electron chi connectivity index (χ2n) is 4.88. The molecule has 0 unspecified atom stereocenters. The van der Waals surface area contributed by atoms with Gasteiger partial charge in [-0.2, -0.15) is 13.2 Å². The first kappa shape index (κ1) is 15.5. The highest BCUT2D eigenvalue weighted by Crippen LogP contribution is 2.39. The van der Waals surface area contributed by atoms with Gasteiger partial charge in [-0.3, -0.25) is 0 Å². The van der Waals surface area contributed by atoms with E-state index in [4.69, 9.17) is 5.11 Å². The summed E-state index contributed by atoms with van der Waals surface area (Å²) in [6, 6.07) is 2.41. The van der Waals surface area contributed by atoms with E-state index in [0.717, 1.165) is 17.0 Å².